The largest absolute Gasteiger partial charge is 0.384 e. The molecule has 0 spiro atoms. The lowest BCUT2D eigenvalue weighted by molar-refractivity contribution is 0.219. The Morgan fingerprint density at radius 3 is 2.48 bits per heavy atom. The van der Waals surface area contributed by atoms with E-state index < -0.39 is 6.10 Å². The van der Waals surface area contributed by atoms with Crippen molar-refractivity contribution >= 4 is 5.82 Å². The highest BCUT2D eigenvalue weighted by Crippen LogP contribution is 2.27. The van der Waals surface area contributed by atoms with Gasteiger partial charge in [-0.15, -0.1) is 0 Å². The first kappa shape index (κ1) is 14.1. The summed E-state index contributed by atoms with van der Waals surface area (Å²) in [5.41, 5.74) is 2.90. The molecule has 0 unspecified atom stereocenters. The van der Waals surface area contributed by atoms with E-state index in [2.05, 4.69) is 22.9 Å². The quantitative estimate of drug-likeness (QED) is 0.936. The van der Waals surface area contributed by atoms with E-state index in [0.29, 0.717) is 0 Å². The number of nitrogens with zero attached hydrogens (tertiary/aromatic N) is 2. The minimum absolute atomic E-state index is 0.603. The van der Waals surface area contributed by atoms with Gasteiger partial charge in [-0.05, 0) is 43.4 Å². The van der Waals surface area contributed by atoms with Crippen LogP contribution in [0.4, 0.5) is 5.82 Å². The normalized spacial score (nSPS) is 16.8. The molecule has 0 radical (unpaired) electrons. The molecule has 21 heavy (non-hydrogen) atoms. The Labute approximate surface area is 126 Å². The predicted octanol–water partition coefficient (Wildman–Crippen LogP) is 3.46. The van der Waals surface area contributed by atoms with E-state index in [1.54, 1.807) is 0 Å². The zero-order chi connectivity index (χ0) is 14.7. The van der Waals surface area contributed by atoms with E-state index in [9.17, 15) is 5.11 Å². The minimum Gasteiger partial charge on any atom is -0.384 e. The fourth-order valence-electron chi connectivity index (χ4n) is 2.95. The van der Waals surface area contributed by atoms with Crippen LogP contribution in [0.3, 0.4) is 0 Å². The summed E-state index contributed by atoms with van der Waals surface area (Å²) in [6.07, 6.45) is 5.04. The van der Waals surface area contributed by atoms with Gasteiger partial charge < -0.3 is 10.0 Å². The summed E-state index contributed by atoms with van der Waals surface area (Å²) in [6, 6.07) is 11.9. The predicted molar refractivity (Wildman–Crippen MR) is 85.5 cm³/mol. The number of aromatic nitrogens is 1. The Bertz CT molecular complexity index is 591. The van der Waals surface area contributed by atoms with E-state index in [-0.39, 0.29) is 0 Å². The average molecular weight is 282 g/mol. The lowest BCUT2D eigenvalue weighted by atomic mass is 9.99. The number of piperidine rings is 1. The number of pyridine rings is 1. The smallest absolute Gasteiger partial charge is 0.128 e. The van der Waals surface area contributed by atoms with Crippen LogP contribution in [0.1, 0.15) is 42.1 Å². The van der Waals surface area contributed by atoms with Gasteiger partial charge in [0.2, 0.25) is 0 Å². The first-order valence-electron chi connectivity index (χ1n) is 7.70. The number of aliphatic hydroxyl groups excluding tert-OH is 1. The number of aliphatic hydroxyl groups is 1. The maximum Gasteiger partial charge on any atom is 0.128 e. The SMILES string of the molecule is Cc1cc(N2CCCCC2)ncc1[C@H](O)c1ccccc1. The molecule has 2 aromatic rings. The second-order valence-corrected chi connectivity index (χ2v) is 5.76. The molecule has 2 heterocycles. The molecule has 1 atom stereocenters. The molecule has 1 aliphatic heterocycles. The topological polar surface area (TPSA) is 36.4 Å². The first-order valence-corrected chi connectivity index (χ1v) is 7.70. The second kappa shape index (κ2) is 6.27. The van der Waals surface area contributed by atoms with E-state index in [4.69, 9.17) is 0 Å². The van der Waals surface area contributed by atoms with Crippen molar-refractivity contribution in [1.82, 2.24) is 4.98 Å². The number of rotatable bonds is 3. The highest BCUT2D eigenvalue weighted by Gasteiger charge is 2.16. The molecule has 1 aromatic carbocycles. The van der Waals surface area contributed by atoms with Gasteiger partial charge in [-0.1, -0.05) is 30.3 Å². The Morgan fingerprint density at radius 2 is 1.81 bits per heavy atom. The van der Waals surface area contributed by atoms with Crippen molar-refractivity contribution in [2.24, 2.45) is 0 Å². The van der Waals surface area contributed by atoms with Crippen LogP contribution in [0, 0.1) is 6.92 Å². The molecule has 0 saturated carbocycles. The summed E-state index contributed by atoms with van der Waals surface area (Å²) in [7, 11) is 0. The van der Waals surface area contributed by atoms with Gasteiger partial charge in [-0.25, -0.2) is 4.98 Å². The third-order valence-electron chi connectivity index (χ3n) is 4.23. The lowest BCUT2D eigenvalue weighted by Gasteiger charge is -2.28. The van der Waals surface area contributed by atoms with Crippen molar-refractivity contribution in [3.05, 3.63) is 59.3 Å². The van der Waals surface area contributed by atoms with Crippen LogP contribution < -0.4 is 4.90 Å². The number of hydrogen-bond donors (Lipinski definition) is 1. The molecule has 3 heteroatoms. The van der Waals surface area contributed by atoms with Crippen LogP contribution in [-0.4, -0.2) is 23.2 Å². The van der Waals surface area contributed by atoms with Crippen molar-refractivity contribution in [1.29, 1.82) is 0 Å². The van der Waals surface area contributed by atoms with Gasteiger partial charge in [0, 0.05) is 24.8 Å². The summed E-state index contributed by atoms with van der Waals surface area (Å²) >= 11 is 0. The second-order valence-electron chi connectivity index (χ2n) is 5.76. The Kier molecular flexibility index (Phi) is 4.20. The van der Waals surface area contributed by atoms with Crippen molar-refractivity contribution in [3.8, 4) is 0 Å². The van der Waals surface area contributed by atoms with E-state index >= 15 is 0 Å². The van der Waals surface area contributed by atoms with Crippen molar-refractivity contribution in [3.63, 3.8) is 0 Å². The molecule has 1 saturated heterocycles. The van der Waals surface area contributed by atoms with Crippen LogP contribution in [-0.2, 0) is 0 Å². The Balaban J connectivity index is 1.84. The van der Waals surface area contributed by atoms with Crippen LogP contribution in [0.2, 0.25) is 0 Å². The minimum atomic E-state index is -0.603. The summed E-state index contributed by atoms with van der Waals surface area (Å²) in [5.74, 6) is 1.04. The van der Waals surface area contributed by atoms with Crippen LogP contribution in [0.5, 0.6) is 0 Å². The highest BCUT2D eigenvalue weighted by molar-refractivity contribution is 5.45. The molecule has 0 aliphatic carbocycles. The number of benzene rings is 1. The van der Waals surface area contributed by atoms with Crippen LogP contribution in [0.25, 0.3) is 0 Å². The fourth-order valence-corrected chi connectivity index (χ4v) is 2.95. The van der Waals surface area contributed by atoms with Crippen molar-refractivity contribution in [2.45, 2.75) is 32.3 Å². The molecule has 3 nitrogen and oxygen atoms in total. The highest BCUT2D eigenvalue weighted by atomic mass is 16.3. The third-order valence-corrected chi connectivity index (χ3v) is 4.23. The zero-order valence-corrected chi connectivity index (χ0v) is 12.5. The summed E-state index contributed by atoms with van der Waals surface area (Å²) < 4.78 is 0. The number of aryl methyl sites for hydroxylation is 1. The Hall–Kier alpha value is -1.87. The molecule has 0 bridgehead atoms. The van der Waals surface area contributed by atoms with Gasteiger partial charge in [-0.2, -0.15) is 0 Å². The standard InChI is InChI=1S/C18H22N2O/c1-14-12-17(20-10-6-3-7-11-20)19-13-16(14)18(21)15-8-4-2-5-9-15/h2,4-5,8-9,12-13,18,21H,3,6-7,10-11H2,1H3/t18-/m1/s1. The first-order chi connectivity index (χ1) is 10.3. The summed E-state index contributed by atoms with van der Waals surface area (Å²) in [5, 5.41) is 10.5. The Morgan fingerprint density at radius 1 is 1.10 bits per heavy atom. The molecule has 3 rings (SSSR count). The summed E-state index contributed by atoms with van der Waals surface area (Å²) in [6.45, 7) is 4.23. The molecule has 1 aliphatic rings. The van der Waals surface area contributed by atoms with Gasteiger partial charge in [-0.3, -0.25) is 0 Å². The molecular formula is C18H22N2O. The van der Waals surface area contributed by atoms with Crippen LogP contribution in [0.15, 0.2) is 42.6 Å². The third kappa shape index (κ3) is 3.08. The number of anilines is 1. The molecular weight excluding hydrogens is 260 g/mol. The van der Waals surface area contributed by atoms with E-state index in [0.717, 1.165) is 35.6 Å². The van der Waals surface area contributed by atoms with Gasteiger partial charge in [0.15, 0.2) is 0 Å². The number of hydrogen-bond acceptors (Lipinski definition) is 3. The average Bonchev–Trinajstić information content (AvgIpc) is 2.56. The maximum atomic E-state index is 10.5. The maximum absolute atomic E-state index is 10.5. The van der Waals surface area contributed by atoms with E-state index in [1.165, 1.54) is 19.3 Å². The summed E-state index contributed by atoms with van der Waals surface area (Å²) in [4.78, 5) is 6.92. The van der Waals surface area contributed by atoms with E-state index in [1.807, 2.05) is 36.5 Å². The molecule has 1 fully saturated rings. The molecule has 1 N–H and O–H groups in total. The monoisotopic (exact) mass is 282 g/mol. The van der Waals surface area contributed by atoms with Gasteiger partial charge >= 0.3 is 0 Å². The van der Waals surface area contributed by atoms with Crippen molar-refractivity contribution in [2.75, 3.05) is 18.0 Å². The molecule has 1 aromatic heterocycles. The van der Waals surface area contributed by atoms with Crippen LogP contribution >= 0.6 is 0 Å². The molecule has 110 valence electrons. The lowest BCUT2D eigenvalue weighted by Crippen LogP contribution is -2.30. The zero-order valence-electron chi connectivity index (χ0n) is 12.5. The van der Waals surface area contributed by atoms with Gasteiger partial charge in [0.25, 0.3) is 0 Å². The fraction of sp³-hybridized carbons (Fsp3) is 0.389. The van der Waals surface area contributed by atoms with Crippen molar-refractivity contribution < 1.29 is 5.11 Å². The molecule has 0 amide bonds. The van der Waals surface area contributed by atoms with Gasteiger partial charge in [0.1, 0.15) is 11.9 Å². The van der Waals surface area contributed by atoms with Gasteiger partial charge in [0.05, 0.1) is 0 Å².